The highest BCUT2D eigenvalue weighted by atomic mass is 16.5. The van der Waals surface area contributed by atoms with Gasteiger partial charge in [-0.15, -0.1) is 0 Å². The average Bonchev–Trinajstić information content (AvgIpc) is 2.90. The summed E-state index contributed by atoms with van der Waals surface area (Å²) in [6.07, 6.45) is 1.80. The van der Waals surface area contributed by atoms with Crippen molar-refractivity contribution in [3.63, 3.8) is 0 Å². The molecule has 0 spiro atoms. The zero-order valence-corrected chi connectivity index (χ0v) is 10.9. The maximum absolute atomic E-state index is 5.89. The van der Waals surface area contributed by atoms with Gasteiger partial charge in [-0.2, -0.15) is 0 Å². The first-order valence-electron chi connectivity index (χ1n) is 7.15. The van der Waals surface area contributed by atoms with Gasteiger partial charge < -0.3 is 10.1 Å². The first kappa shape index (κ1) is 11.9. The summed E-state index contributed by atoms with van der Waals surface area (Å²) in [5.74, 6) is 0.904. The number of fused-ring (bicyclic) bond motifs is 1. The van der Waals surface area contributed by atoms with Gasteiger partial charge in [-0.3, -0.25) is 9.80 Å². The minimum atomic E-state index is 0.433. The van der Waals surface area contributed by atoms with Gasteiger partial charge in [-0.1, -0.05) is 6.92 Å². The summed E-state index contributed by atoms with van der Waals surface area (Å²) in [5.41, 5.74) is 0. The van der Waals surface area contributed by atoms with Crippen LogP contribution in [0.15, 0.2) is 0 Å². The molecule has 0 saturated carbocycles. The Balaban J connectivity index is 1.47. The SMILES string of the molecule is CCN1CCOC(CN2C[C@@H]3CCN[C@@H]3C2)C1. The zero-order valence-electron chi connectivity index (χ0n) is 10.9. The van der Waals surface area contributed by atoms with Gasteiger partial charge in [0.15, 0.2) is 0 Å². The van der Waals surface area contributed by atoms with Crippen molar-refractivity contribution >= 4 is 0 Å². The lowest BCUT2D eigenvalue weighted by atomic mass is 10.1. The molecule has 3 fully saturated rings. The first-order valence-corrected chi connectivity index (χ1v) is 7.15. The quantitative estimate of drug-likeness (QED) is 0.750. The molecule has 4 nitrogen and oxygen atoms in total. The van der Waals surface area contributed by atoms with Gasteiger partial charge in [0, 0.05) is 38.8 Å². The van der Waals surface area contributed by atoms with E-state index in [1.54, 1.807) is 0 Å². The third-order valence-corrected chi connectivity index (χ3v) is 4.57. The van der Waals surface area contributed by atoms with Crippen molar-refractivity contribution in [1.29, 1.82) is 0 Å². The molecular weight excluding hydrogens is 214 g/mol. The molecule has 0 aromatic carbocycles. The van der Waals surface area contributed by atoms with Crippen molar-refractivity contribution in [3.8, 4) is 0 Å². The second-order valence-corrected chi connectivity index (χ2v) is 5.71. The third-order valence-electron chi connectivity index (χ3n) is 4.57. The van der Waals surface area contributed by atoms with Crippen molar-refractivity contribution < 1.29 is 4.74 Å². The van der Waals surface area contributed by atoms with E-state index in [1.165, 1.54) is 26.1 Å². The molecule has 0 bridgehead atoms. The second kappa shape index (κ2) is 5.22. The molecule has 1 N–H and O–H groups in total. The number of hydrogen-bond acceptors (Lipinski definition) is 4. The van der Waals surface area contributed by atoms with E-state index < -0.39 is 0 Å². The van der Waals surface area contributed by atoms with Crippen LogP contribution in [0.3, 0.4) is 0 Å². The molecule has 17 heavy (non-hydrogen) atoms. The molecule has 3 saturated heterocycles. The van der Waals surface area contributed by atoms with Crippen molar-refractivity contribution in [3.05, 3.63) is 0 Å². The lowest BCUT2D eigenvalue weighted by molar-refractivity contribution is -0.0398. The van der Waals surface area contributed by atoms with Gasteiger partial charge in [0.1, 0.15) is 0 Å². The van der Waals surface area contributed by atoms with E-state index in [9.17, 15) is 0 Å². The van der Waals surface area contributed by atoms with Crippen molar-refractivity contribution in [1.82, 2.24) is 15.1 Å². The third kappa shape index (κ3) is 2.65. The summed E-state index contributed by atoms with van der Waals surface area (Å²) >= 11 is 0. The lowest BCUT2D eigenvalue weighted by Gasteiger charge is -2.34. The Morgan fingerprint density at radius 2 is 2.18 bits per heavy atom. The Morgan fingerprint density at radius 1 is 1.24 bits per heavy atom. The van der Waals surface area contributed by atoms with E-state index in [0.717, 1.165) is 44.7 Å². The van der Waals surface area contributed by atoms with Crippen LogP contribution in [0.2, 0.25) is 0 Å². The largest absolute Gasteiger partial charge is 0.374 e. The summed E-state index contributed by atoms with van der Waals surface area (Å²) in [6, 6.07) is 0.765. The molecule has 98 valence electrons. The maximum Gasteiger partial charge on any atom is 0.0829 e. The highest BCUT2D eigenvalue weighted by Gasteiger charge is 2.36. The van der Waals surface area contributed by atoms with Gasteiger partial charge in [0.05, 0.1) is 12.7 Å². The number of hydrogen-bond donors (Lipinski definition) is 1. The lowest BCUT2D eigenvalue weighted by Crippen LogP contribution is -2.47. The molecule has 0 aromatic rings. The fraction of sp³-hybridized carbons (Fsp3) is 1.00. The summed E-state index contributed by atoms with van der Waals surface area (Å²) in [4.78, 5) is 5.11. The minimum Gasteiger partial charge on any atom is -0.374 e. The van der Waals surface area contributed by atoms with Crippen LogP contribution >= 0.6 is 0 Å². The Morgan fingerprint density at radius 3 is 3.00 bits per heavy atom. The highest BCUT2D eigenvalue weighted by Crippen LogP contribution is 2.25. The molecule has 0 radical (unpaired) electrons. The Hall–Kier alpha value is -0.160. The number of likely N-dealkylation sites (tertiary alicyclic amines) is 1. The molecule has 0 amide bonds. The van der Waals surface area contributed by atoms with Crippen LogP contribution in [0.4, 0.5) is 0 Å². The van der Waals surface area contributed by atoms with E-state index in [1.807, 2.05) is 0 Å². The van der Waals surface area contributed by atoms with Crippen molar-refractivity contribution in [2.24, 2.45) is 5.92 Å². The van der Waals surface area contributed by atoms with Crippen molar-refractivity contribution in [2.45, 2.75) is 25.5 Å². The maximum atomic E-state index is 5.89. The number of likely N-dealkylation sites (N-methyl/N-ethyl adjacent to an activating group) is 1. The van der Waals surface area contributed by atoms with E-state index in [4.69, 9.17) is 4.74 Å². The molecule has 3 atom stereocenters. The summed E-state index contributed by atoms with van der Waals surface area (Å²) in [7, 11) is 0. The van der Waals surface area contributed by atoms with Gasteiger partial charge in [-0.05, 0) is 25.4 Å². The van der Waals surface area contributed by atoms with Crippen LogP contribution in [0, 0.1) is 5.92 Å². The highest BCUT2D eigenvalue weighted by molar-refractivity contribution is 4.94. The van der Waals surface area contributed by atoms with Crippen LogP contribution in [0.5, 0.6) is 0 Å². The zero-order chi connectivity index (χ0) is 11.7. The summed E-state index contributed by atoms with van der Waals surface area (Å²) < 4.78 is 5.89. The van der Waals surface area contributed by atoms with E-state index >= 15 is 0 Å². The molecule has 4 heteroatoms. The predicted molar refractivity (Wildman–Crippen MR) is 68.2 cm³/mol. The summed E-state index contributed by atoms with van der Waals surface area (Å²) in [6.45, 7) is 11.4. The average molecular weight is 239 g/mol. The Bertz CT molecular complexity index is 246. The van der Waals surface area contributed by atoms with Gasteiger partial charge in [0.2, 0.25) is 0 Å². The molecular formula is C13H25N3O. The fourth-order valence-corrected chi connectivity index (χ4v) is 3.55. The van der Waals surface area contributed by atoms with Gasteiger partial charge in [-0.25, -0.2) is 0 Å². The molecule has 3 rings (SSSR count). The molecule has 1 unspecified atom stereocenters. The normalized spacial score (nSPS) is 39.7. The van der Waals surface area contributed by atoms with E-state index in [2.05, 4.69) is 22.0 Å². The Labute approximate surface area is 104 Å². The Kier molecular flexibility index (Phi) is 3.66. The van der Waals surface area contributed by atoms with E-state index in [0.29, 0.717) is 6.10 Å². The van der Waals surface area contributed by atoms with Gasteiger partial charge in [0.25, 0.3) is 0 Å². The van der Waals surface area contributed by atoms with Crippen LogP contribution in [0.25, 0.3) is 0 Å². The van der Waals surface area contributed by atoms with Crippen LogP contribution in [0.1, 0.15) is 13.3 Å². The topological polar surface area (TPSA) is 27.7 Å². The minimum absolute atomic E-state index is 0.433. The van der Waals surface area contributed by atoms with Crippen LogP contribution in [-0.4, -0.2) is 74.4 Å². The van der Waals surface area contributed by atoms with Crippen LogP contribution in [-0.2, 0) is 4.74 Å². The standard InChI is InChI=1S/C13H25N3O/c1-2-15-5-6-17-12(8-15)9-16-7-11-3-4-14-13(11)10-16/h11-14H,2-10H2,1H3/t11-,12?,13+/m0/s1. The number of rotatable bonds is 3. The molecule has 0 aliphatic carbocycles. The number of nitrogens with zero attached hydrogens (tertiary/aromatic N) is 2. The number of morpholine rings is 1. The monoisotopic (exact) mass is 239 g/mol. The van der Waals surface area contributed by atoms with E-state index in [-0.39, 0.29) is 0 Å². The van der Waals surface area contributed by atoms with Crippen molar-refractivity contribution in [2.75, 3.05) is 52.4 Å². The first-order chi connectivity index (χ1) is 8.35. The molecule has 0 aromatic heterocycles. The summed E-state index contributed by atoms with van der Waals surface area (Å²) in [5, 5.41) is 3.61. The molecule has 3 heterocycles. The number of ether oxygens (including phenoxy) is 1. The van der Waals surface area contributed by atoms with Gasteiger partial charge >= 0.3 is 0 Å². The fourth-order valence-electron chi connectivity index (χ4n) is 3.55. The molecule has 3 aliphatic heterocycles. The van der Waals surface area contributed by atoms with Crippen LogP contribution < -0.4 is 5.32 Å². The second-order valence-electron chi connectivity index (χ2n) is 5.71. The smallest absolute Gasteiger partial charge is 0.0829 e. The molecule has 3 aliphatic rings. The predicted octanol–water partition coefficient (Wildman–Crippen LogP) is 0.000800. The number of nitrogens with one attached hydrogen (secondary N) is 1.